The Labute approximate surface area is 125 Å². The van der Waals surface area contributed by atoms with Gasteiger partial charge in [-0.3, -0.25) is 4.79 Å². The van der Waals surface area contributed by atoms with Crippen molar-refractivity contribution in [1.29, 1.82) is 0 Å². The minimum Gasteiger partial charge on any atom is -0.378 e. The van der Waals surface area contributed by atoms with Gasteiger partial charge in [-0.1, -0.05) is 17.7 Å². The molecule has 0 radical (unpaired) electrons. The van der Waals surface area contributed by atoms with Crippen LogP contribution >= 0.6 is 11.6 Å². The predicted molar refractivity (Wildman–Crippen MR) is 76.8 cm³/mol. The summed E-state index contributed by atoms with van der Waals surface area (Å²) in [5, 5.41) is 3.15. The molecule has 2 aromatic rings. The standard InChI is InChI=1S/C15H12ClFN2O2/c16-13-6-1-10(7-18-13)15(8-21-9-15)14(20)19-12-4-2-11(17)3-5-12/h1-7H,8-9H2,(H,19,20). The summed E-state index contributed by atoms with van der Waals surface area (Å²) in [5.41, 5.74) is 0.513. The monoisotopic (exact) mass is 306 g/mol. The molecule has 1 saturated heterocycles. The Balaban J connectivity index is 1.83. The average Bonchev–Trinajstić information content (AvgIpc) is 2.42. The number of rotatable bonds is 3. The van der Waals surface area contributed by atoms with Crippen LogP contribution in [-0.2, 0) is 14.9 Å². The topological polar surface area (TPSA) is 51.2 Å². The number of benzene rings is 1. The fourth-order valence-corrected chi connectivity index (χ4v) is 2.29. The summed E-state index contributed by atoms with van der Waals surface area (Å²) < 4.78 is 18.1. The Bertz CT molecular complexity index is 654. The molecule has 0 spiro atoms. The second-order valence-corrected chi connectivity index (χ2v) is 5.29. The number of halogens is 2. The first-order valence-electron chi connectivity index (χ1n) is 6.37. The molecule has 21 heavy (non-hydrogen) atoms. The zero-order chi connectivity index (χ0) is 14.9. The lowest BCUT2D eigenvalue weighted by Crippen LogP contribution is -2.55. The van der Waals surface area contributed by atoms with E-state index in [1.807, 2.05) is 0 Å². The highest BCUT2D eigenvalue weighted by Crippen LogP contribution is 2.33. The van der Waals surface area contributed by atoms with Crippen LogP contribution in [-0.4, -0.2) is 24.1 Å². The second-order valence-electron chi connectivity index (χ2n) is 4.91. The van der Waals surface area contributed by atoms with E-state index in [1.165, 1.54) is 24.3 Å². The molecule has 4 nitrogen and oxygen atoms in total. The maximum atomic E-state index is 12.9. The van der Waals surface area contributed by atoms with E-state index in [1.54, 1.807) is 18.3 Å². The first kappa shape index (κ1) is 14.0. The summed E-state index contributed by atoms with van der Waals surface area (Å²) in [6.07, 6.45) is 1.58. The van der Waals surface area contributed by atoms with Crippen LogP contribution in [0.3, 0.4) is 0 Å². The number of nitrogens with one attached hydrogen (secondary N) is 1. The lowest BCUT2D eigenvalue weighted by molar-refractivity contribution is -0.139. The molecule has 0 aliphatic carbocycles. The van der Waals surface area contributed by atoms with Crippen LogP contribution in [0.15, 0.2) is 42.6 Å². The van der Waals surface area contributed by atoms with Crippen molar-refractivity contribution < 1.29 is 13.9 Å². The van der Waals surface area contributed by atoms with E-state index in [9.17, 15) is 9.18 Å². The number of carbonyl (C=O) groups is 1. The molecule has 2 heterocycles. The van der Waals surface area contributed by atoms with E-state index in [0.717, 1.165) is 5.56 Å². The van der Waals surface area contributed by atoms with E-state index < -0.39 is 5.41 Å². The third kappa shape index (κ3) is 2.62. The fraction of sp³-hybridized carbons (Fsp3) is 0.200. The summed E-state index contributed by atoms with van der Waals surface area (Å²) >= 11 is 5.77. The number of aromatic nitrogens is 1. The lowest BCUT2D eigenvalue weighted by atomic mass is 9.78. The normalized spacial score (nSPS) is 16.1. The van der Waals surface area contributed by atoms with Gasteiger partial charge < -0.3 is 10.1 Å². The van der Waals surface area contributed by atoms with Crippen LogP contribution in [0.4, 0.5) is 10.1 Å². The molecule has 0 saturated carbocycles. The smallest absolute Gasteiger partial charge is 0.239 e. The number of anilines is 1. The first-order chi connectivity index (χ1) is 10.1. The fourth-order valence-electron chi connectivity index (χ4n) is 2.18. The minimum absolute atomic E-state index is 0.204. The molecule has 3 rings (SSSR count). The molecule has 0 unspecified atom stereocenters. The minimum atomic E-state index is -0.772. The third-order valence-corrected chi connectivity index (χ3v) is 3.74. The van der Waals surface area contributed by atoms with Gasteiger partial charge in [-0.05, 0) is 35.9 Å². The lowest BCUT2D eigenvalue weighted by Gasteiger charge is -2.39. The number of carbonyl (C=O) groups excluding carboxylic acids is 1. The Kier molecular flexibility index (Phi) is 3.61. The SMILES string of the molecule is O=C(Nc1ccc(F)cc1)C1(c2ccc(Cl)nc2)COC1. The largest absolute Gasteiger partial charge is 0.378 e. The molecule has 1 aliphatic rings. The van der Waals surface area contributed by atoms with Crippen molar-refractivity contribution in [3.05, 3.63) is 59.1 Å². The van der Waals surface area contributed by atoms with Gasteiger partial charge >= 0.3 is 0 Å². The van der Waals surface area contributed by atoms with Crippen LogP contribution in [0.2, 0.25) is 5.15 Å². The maximum absolute atomic E-state index is 12.9. The summed E-state index contributed by atoms with van der Waals surface area (Å²) in [6, 6.07) is 9.03. The number of hydrogen-bond donors (Lipinski definition) is 1. The summed E-state index contributed by atoms with van der Waals surface area (Å²) in [5.74, 6) is -0.555. The Morgan fingerprint density at radius 1 is 1.24 bits per heavy atom. The van der Waals surface area contributed by atoms with Crippen LogP contribution in [0.25, 0.3) is 0 Å². The predicted octanol–water partition coefficient (Wildman–Crippen LogP) is 2.78. The third-order valence-electron chi connectivity index (χ3n) is 3.51. The van der Waals surface area contributed by atoms with E-state index in [4.69, 9.17) is 16.3 Å². The molecule has 1 amide bonds. The number of nitrogens with zero attached hydrogens (tertiary/aromatic N) is 1. The molecular weight excluding hydrogens is 295 g/mol. The molecule has 0 atom stereocenters. The van der Waals surface area contributed by atoms with Gasteiger partial charge in [-0.2, -0.15) is 0 Å². The summed E-state index contributed by atoms with van der Waals surface area (Å²) in [7, 11) is 0. The average molecular weight is 307 g/mol. The molecular formula is C15H12ClFN2O2. The van der Waals surface area contributed by atoms with Crippen molar-refractivity contribution in [1.82, 2.24) is 4.98 Å². The number of amides is 1. The van der Waals surface area contributed by atoms with E-state index >= 15 is 0 Å². The van der Waals surface area contributed by atoms with Gasteiger partial charge in [-0.15, -0.1) is 0 Å². The van der Waals surface area contributed by atoms with Crippen LogP contribution < -0.4 is 5.32 Å². The zero-order valence-electron chi connectivity index (χ0n) is 11.0. The maximum Gasteiger partial charge on any atom is 0.239 e. The van der Waals surface area contributed by atoms with Crippen molar-refractivity contribution in [3.63, 3.8) is 0 Å². The number of ether oxygens (including phenoxy) is 1. The Morgan fingerprint density at radius 3 is 2.48 bits per heavy atom. The Hall–Kier alpha value is -1.98. The van der Waals surface area contributed by atoms with Crippen LogP contribution in [0.5, 0.6) is 0 Å². The molecule has 1 aromatic heterocycles. The van der Waals surface area contributed by atoms with E-state index in [0.29, 0.717) is 10.8 Å². The van der Waals surface area contributed by atoms with Crippen molar-refractivity contribution in [3.8, 4) is 0 Å². The van der Waals surface area contributed by atoms with Gasteiger partial charge in [0, 0.05) is 11.9 Å². The van der Waals surface area contributed by atoms with Crippen molar-refractivity contribution >= 4 is 23.2 Å². The first-order valence-corrected chi connectivity index (χ1v) is 6.75. The molecule has 1 aromatic carbocycles. The number of pyridine rings is 1. The number of hydrogen-bond acceptors (Lipinski definition) is 3. The van der Waals surface area contributed by atoms with Crippen LogP contribution in [0.1, 0.15) is 5.56 Å². The Morgan fingerprint density at radius 2 is 1.95 bits per heavy atom. The zero-order valence-corrected chi connectivity index (χ0v) is 11.7. The summed E-state index contributed by atoms with van der Waals surface area (Å²) in [6.45, 7) is 0.562. The molecule has 6 heteroatoms. The van der Waals surface area contributed by atoms with Crippen molar-refractivity contribution in [2.75, 3.05) is 18.5 Å². The van der Waals surface area contributed by atoms with Gasteiger partial charge in [0.2, 0.25) is 5.91 Å². The van der Waals surface area contributed by atoms with Crippen molar-refractivity contribution in [2.45, 2.75) is 5.41 Å². The molecule has 1 fully saturated rings. The van der Waals surface area contributed by atoms with E-state index in [-0.39, 0.29) is 24.9 Å². The van der Waals surface area contributed by atoms with Gasteiger partial charge in [0.15, 0.2) is 0 Å². The highest BCUT2D eigenvalue weighted by Gasteiger charge is 2.47. The van der Waals surface area contributed by atoms with E-state index in [2.05, 4.69) is 10.3 Å². The summed E-state index contributed by atoms with van der Waals surface area (Å²) in [4.78, 5) is 16.5. The highest BCUT2D eigenvalue weighted by molar-refractivity contribution is 6.29. The van der Waals surface area contributed by atoms with Gasteiger partial charge in [0.05, 0.1) is 13.2 Å². The second kappa shape index (κ2) is 5.42. The van der Waals surface area contributed by atoms with Gasteiger partial charge in [0.25, 0.3) is 0 Å². The molecule has 0 bridgehead atoms. The molecule has 1 N–H and O–H groups in total. The van der Waals surface area contributed by atoms with Gasteiger partial charge in [0.1, 0.15) is 16.4 Å². The molecule has 1 aliphatic heterocycles. The molecule has 108 valence electrons. The van der Waals surface area contributed by atoms with Gasteiger partial charge in [-0.25, -0.2) is 9.37 Å². The van der Waals surface area contributed by atoms with Crippen molar-refractivity contribution in [2.24, 2.45) is 0 Å². The highest BCUT2D eigenvalue weighted by atomic mass is 35.5. The van der Waals surface area contributed by atoms with Crippen LogP contribution in [0, 0.1) is 5.82 Å². The quantitative estimate of drug-likeness (QED) is 0.887.